The number of nitriles is 1. The highest BCUT2D eigenvalue weighted by atomic mass is 16.3. The van der Waals surface area contributed by atoms with Crippen molar-refractivity contribution in [3.05, 3.63) is 35.4 Å². The molecule has 0 amide bonds. The molecule has 3 atom stereocenters. The highest BCUT2D eigenvalue weighted by molar-refractivity contribution is 5.32. The molecule has 102 valence electrons. The van der Waals surface area contributed by atoms with Crippen LogP contribution < -0.4 is 5.32 Å². The molecular formula is C16H22N2O. The minimum absolute atomic E-state index is 0.144. The van der Waals surface area contributed by atoms with Crippen LogP contribution in [0, 0.1) is 17.2 Å². The fraction of sp³-hybridized carbons (Fsp3) is 0.562. The number of hydrogen-bond acceptors (Lipinski definition) is 3. The van der Waals surface area contributed by atoms with Crippen molar-refractivity contribution in [1.82, 2.24) is 5.32 Å². The van der Waals surface area contributed by atoms with Crippen LogP contribution in [0.2, 0.25) is 0 Å². The van der Waals surface area contributed by atoms with Crippen LogP contribution >= 0.6 is 0 Å². The molecule has 3 unspecified atom stereocenters. The molecule has 1 fully saturated rings. The van der Waals surface area contributed by atoms with E-state index in [1.807, 2.05) is 24.3 Å². The monoisotopic (exact) mass is 258 g/mol. The Balaban J connectivity index is 1.86. The quantitative estimate of drug-likeness (QED) is 0.873. The highest BCUT2D eigenvalue weighted by Gasteiger charge is 2.23. The van der Waals surface area contributed by atoms with Gasteiger partial charge in [-0.25, -0.2) is 0 Å². The van der Waals surface area contributed by atoms with Crippen molar-refractivity contribution in [3.63, 3.8) is 0 Å². The van der Waals surface area contributed by atoms with E-state index < -0.39 is 0 Å². The van der Waals surface area contributed by atoms with Crippen LogP contribution in [0.3, 0.4) is 0 Å². The molecule has 1 saturated carbocycles. The third kappa shape index (κ3) is 3.79. The van der Waals surface area contributed by atoms with Crippen LogP contribution in [0.4, 0.5) is 0 Å². The summed E-state index contributed by atoms with van der Waals surface area (Å²) in [6.07, 6.45) is 4.30. The summed E-state index contributed by atoms with van der Waals surface area (Å²) in [5.41, 5.74) is 1.88. The van der Waals surface area contributed by atoms with Gasteiger partial charge in [0, 0.05) is 12.6 Å². The van der Waals surface area contributed by atoms with Gasteiger partial charge in [-0.1, -0.05) is 25.0 Å². The van der Waals surface area contributed by atoms with Crippen LogP contribution in [0.15, 0.2) is 24.3 Å². The number of aliphatic hydroxyl groups excluding tert-OH is 1. The second kappa shape index (κ2) is 6.70. The predicted molar refractivity (Wildman–Crippen MR) is 75.5 cm³/mol. The van der Waals surface area contributed by atoms with Crippen molar-refractivity contribution in [2.45, 2.75) is 44.8 Å². The highest BCUT2D eigenvalue weighted by Crippen LogP contribution is 2.24. The first kappa shape index (κ1) is 14.0. The van der Waals surface area contributed by atoms with E-state index >= 15 is 0 Å². The van der Waals surface area contributed by atoms with Crippen LogP contribution in [0.25, 0.3) is 0 Å². The summed E-state index contributed by atoms with van der Waals surface area (Å²) in [6.45, 7) is 2.99. The number of aliphatic hydroxyl groups is 1. The average molecular weight is 258 g/mol. The Bertz CT molecular complexity index is 435. The summed E-state index contributed by atoms with van der Waals surface area (Å²) in [6, 6.07) is 10.1. The lowest BCUT2D eigenvalue weighted by atomic mass is 9.86. The summed E-state index contributed by atoms with van der Waals surface area (Å²) in [7, 11) is 0. The number of nitrogens with zero attached hydrogens (tertiary/aromatic N) is 1. The van der Waals surface area contributed by atoms with Crippen LogP contribution in [0.1, 0.15) is 49.8 Å². The Morgan fingerprint density at radius 2 is 2.00 bits per heavy atom. The summed E-state index contributed by atoms with van der Waals surface area (Å²) in [4.78, 5) is 0. The third-order valence-electron chi connectivity index (χ3n) is 4.09. The Kier molecular flexibility index (Phi) is 4.95. The zero-order valence-corrected chi connectivity index (χ0v) is 11.5. The van der Waals surface area contributed by atoms with E-state index in [2.05, 4.69) is 18.3 Å². The second-order valence-electron chi connectivity index (χ2n) is 5.48. The molecule has 1 aliphatic rings. The zero-order chi connectivity index (χ0) is 13.7. The normalized spacial score (nSPS) is 24.7. The van der Waals surface area contributed by atoms with E-state index in [0.717, 1.165) is 25.8 Å². The van der Waals surface area contributed by atoms with Gasteiger partial charge in [0.05, 0.1) is 17.7 Å². The maximum atomic E-state index is 9.94. The molecule has 0 aromatic heterocycles. The molecule has 1 aromatic carbocycles. The topological polar surface area (TPSA) is 56.0 Å². The third-order valence-corrected chi connectivity index (χ3v) is 4.09. The fourth-order valence-electron chi connectivity index (χ4n) is 2.72. The molecule has 3 nitrogen and oxygen atoms in total. The van der Waals surface area contributed by atoms with Crippen molar-refractivity contribution < 1.29 is 5.11 Å². The van der Waals surface area contributed by atoms with Gasteiger partial charge >= 0.3 is 0 Å². The van der Waals surface area contributed by atoms with Crippen LogP contribution in [-0.4, -0.2) is 17.8 Å². The van der Waals surface area contributed by atoms with Gasteiger partial charge < -0.3 is 10.4 Å². The number of hydrogen-bond donors (Lipinski definition) is 2. The van der Waals surface area contributed by atoms with Gasteiger partial charge in [0.25, 0.3) is 0 Å². The molecule has 3 heteroatoms. The van der Waals surface area contributed by atoms with E-state index in [-0.39, 0.29) is 12.1 Å². The lowest BCUT2D eigenvalue weighted by molar-refractivity contribution is 0.0684. The molecule has 0 heterocycles. The van der Waals surface area contributed by atoms with Crippen molar-refractivity contribution in [2.24, 2.45) is 5.92 Å². The molecule has 0 bridgehead atoms. The maximum Gasteiger partial charge on any atom is 0.0991 e. The minimum atomic E-state index is -0.144. The predicted octanol–water partition coefficient (Wildman–Crippen LogP) is 2.76. The van der Waals surface area contributed by atoms with Crippen molar-refractivity contribution in [2.75, 3.05) is 6.54 Å². The molecular weight excluding hydrogens is 236 g/mol. The smallest absolute Gasteiger partial charge is 0.0991 e. The molecule has 2 N–H and O–H groups in total. The number of rotatable bonds is 4. The Hall–Kier alpha value is -1.37. The summed E-state index contributed by atoms with van der Waals surface area (Å²) in [5, 5.41) is 22.2. The van der Waals surface area contributed by atoms with E-state index in [0.29, 0.717) is 11.5 Å². The van der Waals surface area contributed by atoms with E-state index in [1.165, 1.54) is 12.0 Å². The van der Waals surface area contributed by atoms with Crippen molar-refractivity contribution in [1.29, 1.82) is 5.26 Å². The van der Waals surface area contributed by atoms with Gasteiger partial charge in [-0.3, -0.25) is 0 Å². The lowest BCUT2D eigenvalue weighted by Gasteiger charge is -2.29. The number of nitrogens with one attached hydrogen (secondary N) is 1. The van der Waals surface area contributed by atoms with E-state index in [1.54, 1.807) is 0 Å². The summed E-state index contributed by atoms with van der Waals surface area (Å²) >= 11 is 0. The first-order valence-corrected chi connectivity index (χ1v) is 7.12. The maximum absolute atomic E-state index is 9.94. The summed E-state index contributed by atoms with van der Waals surface area (Å²) < 4.78 is 0. The standard InChI is InChI=1S/C16H22N2O/c1-12(14-8-6-13(10-17)7-9-14)18-11-15-4-2-3-5-16(15)19/h6-9,12,15-16,18-19H,2-5,11H2,1H3. The average Bonchev–Trinajstić information content (AvgIpc) is 2.46. The first-order chi connectivity index (χ1) is 9.20. The molecule has 0 spiro atoms. The Labute approximate surface area is 115 Å². The zero-order valence-electron chi connectivity index (χ0n) is 11.5. The molecule has 19 heavy (non-hydrogen) atoms. The van der Waals surface area contributed by atoms with E-state index in [4.69, 9.17) is 5.26 Å². The first-order valence-electron chi connectivity index (χ1n) is 7.12. The molecule has 1 aromatic rings. The van der Waals surface area contributed by atoms with E-state index in [9.17, 15) is 5.11 Å². The molecule has 2 rings (SSSR count). The van der Waals surface area contributed by atoms with Crippen LogP contribution in [0.5, 0.6) is 0 Å². The van der Waals surface area contributed by atoms with Crippen molar-refractivity contribution >= 4 is 0 Å². The minimum Gasteiger partial charge on any atom is -0.393 e. The number of benzene rings is 1. The molecule has 0 aliphatic heterocycles. The SMILES string of the molecule is CC(NCC1CCCCC1O)c1ccc(C#N)cc1. The Morgan fingerprint density at radius 3 is 2.63 bits per heavy atom. The van der Waals surface area contributed by atoms with Gasteiger partial charge in [-0.05, 0) is 43.4 Å². The molecule has 0 saturated heterocycles. The van der Waals surface area contributed by atoms with Gasteiger partial charge in [-0.15, -0.1) is 0 Å². The molecule has 1 aliphatic carbocycles. The largest absolute Gasteiger partial charge is 0.393 e. The van der Waals surface area contributed by atoms with Gasteiger partial charge in [-0.2, -0.15) is 5.26 Å². The van der Waals surface area contributed by atoms with Gasteiger partial charge in [0.2, 0.25) is 0 Å². The van der Waals surface area contributed by atoms with Gasteiger partial charge in [0.1, 0.15) is 0 Å². The van der Waals surface area contributed by atoms with Crippen LogP contribution in [-0.2, 0) is 0 Å². The summed E-state index contributed by atoms with van der Waals surface area (Å²) in [5.74, 6) is 0.384. The van der Waals surface area contributed by atoms with Crippen molar-refractivity contribution in [3.8, 4) is 6.07 Å². The second-order valence-corrected chi connectivity index (χ2v) is 5.48. The Morgan fingerprint density at radius 1 is 1.32 bits per heavy atom. The van der Waals surface area contributed by atoms with Gasteiger partial charge in [0.15, 0.2) is 0 Å². The molecule has 0 radical (unpaired) electrons. The fourth-order valence-corrected chi connectivity index (χ4v) is 2.72. The lowest BCUT2D eigenvalue weighted by Crippen LogP contribution is -2.34.